The maximum absolute atomic E-state index is 12.9. The molecule has 2 heterocycles. The number of piperazine rings is 1. The second-order valence-electron chi connectivity index (χ2n) is 12.0. The van der Waals surface area contributed by atoms with Crippen molar-refractivity contribution in [1.82, 2.24) is 9.80 Å². The molecule has 6 nitrogen and oxygen atoms in total. The fourth-order valence-corrected chi connectivity index (χ4v) is 5.02. The lowest BCUT2D eigenvalue weighted by Crippen LogP contribution is -3.00. The van der Waals surface area contributed by atoms with Crippen LogP contribution in [0.4, 0.5) is 0 Å². The van der Waals surface area contributed by atoms with E-state index in [1.54, 1.807) is 0 Å². The molecule has 1 saturated heterocycles. The van der Waals surface area contributed by atoms with E-state index in [1.165, 1.54) is 16.7 Å². The number of nitrogens with zero attached hydrogens (tertiary/aromatic N) is 2. The fraction of sp³-hybridized carbons (Fsp3) is 0.594. The van der Waals surface area contributed by atoms with E-state index >= 15 is 0 Å². The molecule has 0 atom stereocenters. The van der Waals surface area contributed by atoms with Gasteiger partial charge in [0.2, 0.25) is 12.7 Å². The number of hydrogen-bond acceptors (Lipinski definition) is 5. The van der Waals surface area contributed by atoms with Crippen molar-refractivity contribution in [3.63, 3.8) is 0 Å². The number of amides is 1. The number of benzene rings is 2. The maximum atomic E-state index is 12.9. The van der Waals surface area contributed by atoms with Crippen LogP contribution in [-0.2, 0) is 22.2 Å². The molecular formula is C32H46ClN2O4-. The van der Waals surface area contributed by atoms with E-state index < -0.39 is 0 Å². The second kappa shape index (κ2) is 13.3. The Hall–Kier alpha value is -2.44. The first-order valence-corrected chi connectivity index (χ1v) is 14.3. The lowest BCUT2D eigenvalue weighted by molar-refractivity contribution is -0.133. The van der Waals surface area contributed by atoms with Gasteiger partial charge in [0, 0.05) is 44.7 Å². The van der Waals surface area contributed by atoms with Gasteiger partial charge >= 0.3 is 0 Å². The molecule has 0 aromatic heterocycles. The molecule has 0 bridgehead atoms. The largest absolute Gasteiger partial charge is 1.00 e. The molecule has 2 aliphatic heterocycles. The number of carbonyl (C=O) groups is 1. The maximum Gasteiger partial charge on any atom is 0.231 e. The van der Waals surface area contributed by atoms with Gasteiger partial charge in [-0.2, -0.15) is 0 Å². The van der Waals surface area contributed by atoms with Crippen molar-refractivity contribution < 1.29 is 31.4 Å². The third-order valence-electron chi connectivity index (χ3n) is 8.62. The minimum atomic E-state index is 0. The first-order valence-electron chi connectivity index (χ1n) is 14.3. The number of fused-ring (bicyclic) bond motifs is 1. The van der Waals surface area contributed by atoms with Crippen molar-refractivity contribution in [2.45, 2.75) is 84.6 Å². The lowest BCUT2D eigenvalue weighted by atomic mass is 9.76. The Balaban J connectivity index is 0.00000420. The highest BCUT2D eigenvalue weighted by Gasteiger charge is 2.27. The SMILES string of the molecule is CCC(C)(C)c1ccc(OCCCC(=O)N2CCN(Cc3ccc4c(c3)OCO4)CC2)c(C(C)(C)CC)c1.[Cl-]. The molecule has 0 saturated carbocycles. The molecule has 7 heteroatoms. The molecule has 2 aliphatic rings. The van der Waals surface area contributed by atoms with Crippen molar-refractivity contribution in [2.24, 2.45) is 0 Å². The highest BCUT2D eigenvalue weighted by Crippen LogP contribution is 2.38. The zero-order valence-electron chi connectivity index (χ0n) is 24.6. The smallest absolute Gasteiger partial charge is 0.231 e. The van der Waals surface area contributed by atoms with Gasteiger partial charge in [-0.15, -0.1) is 0 Å². The Morgan fingerprint density at radius 1 is 0.897 bits per heavy atom. The first-order chi connectivity index (χ1) is 18.1. The minimum absolute atomic E-state index is 0. The first kappa shape index (κ1) is 31.1. The number of halogens is 1. The van der Waals surface area contributed by atoms with E-state index in [1.807, 2.05) is 11.0 Å². The number of rotatable bonds is 11. The average molecular weight is 558 g/mol. The van der Waals surface area contributed by atoms with Crippen LogP contribution in [-0.4, -0.2) is 55.3 Å². The number of ether oxygens (including phenoxy) is 3. The molecule has 1 fully saturated rings. The van der Waals surface area contributed by atoms with Gasteiger partial charge in [-0.05, 0) is 59.4 Å². The quantitative estimate of drug-likeness (QED) is 0.397. The predicted octanol–water partition coefficient (Wildman–Crippen LogP) is 3.30. The van der Waals surface area contributed by atoms with Gasteiger partial charge in [-0.25, -0.2) is 0 Å². The van der Waals surface area contributed by atoms with Crippen LogP contribution in [0, 0.1) is 0 Å². The van der Waals surface area contributed by atoms with Gasteiger partial charge in [0.1, 0.15) is 5.75 Å². The van der Waals surface area contributed by atoms with Gasteiger partial charge in [-0.3, -0.25) is 9.69 Å². The molecule has 2 aromatic carbocycles. The third-order valence-corrected chi connectivity index (χ3v) is 8.62. The summed E-state index contributed by atoms with van der Waals surface area (Å²) in [5.74, 6) is 2.82. The van der Waals surface area contributed by atoms with Crippen LogP contribution in [0.3, 0.4) is 0 Å². The summed E-state index contributed by atoms with van der Waals surface area (Å²) >= 11 is 0. The van der Waals surface area contributed by atoms with Gasteiger partial charge in [0.05, 0.1) is 6.61 Å². The van der Waals surface area contributed by atoms with Crippen molar-refractivity contribution in [3.05, 3.63) is 53.1 Å². The van der Waals surface area contributed by atoms with Gasteiger partial charge in [0.25, 0.3) is 0 Å². The molecule has 0 spiro atoms. The van der Waals surface area contributed by atoms with Crippen LogP contribution in [0.15, 0.2) is 36.4 Å². The highest BCUT2D eigenvalue weighted by atomic mass is 35.5. The molecule has 39 heavy (non-hydrogen) atoms. The summed E-state index contributed by atoms with van der Waals surface area (Å²) in [5.41, 5.74) is 4.01. The van der Waals surface area contributed by atoms with E-state index in [9.17, 15) is 4.79 Å². The second-order valence-corrected chi connectivity index (χ2v) is 12.0. The van der Waals surface area contributed by atoms with Crippen molar-refractivity contribution in [1.29, 1.82) is 0 Å². The van der Waals surface area contributed by atoms with Crippen LogP contribution in [0.25, 0.3) is 0 Å². The molecule has 2 aromatic rings. The van der Waals surface area contributed by atoms with Crippen LogP contribution in [0.2, 0.25) is 0 Å². The van der Waals surface area contributed by atoms with E-state index in [4.69, 9.17) is 14.2 Å². The van der Waals surface area contributed by atoms with Crippen LogP contribution >= 0.6 is 0 Å². The Morgan fingerprint density at radius 2 is 1.59 bits per heavy atom. The van der Waals surface area contributed by atoms with Crippen LogP contribution in [0.1, 0.15) is 83.9 Å². The normalized spacial score (nSPS) is 15.7. The summed E-state index contributed by atoms with van der Waals surface area (Å²) in [6.45, 7) is 18.7. The fourth-order valence-electron chi connectivity index (χ4n) is 5.02. The molecule has 0 radical (unpaired) electrons. The van der Waals surface area contributed by atoms with E-state index in [0.717, 1.165) is 69.2 Å². The zero-order valence-corrected chi connectivity index (χ0v) is 25.4. The van der Waals surface area contributed by atoms with Gasteiger partial charge < -0.3 is 31.5 Å². The molecule has 216 valence electrons. The average Bonchev–Trinajstić information content (AvgIpc) is 3.39. The molecule has 1 amide bonds. The minimum Gasteiger partial charge on any atom is -1.00 e. The molecular weight excluding hydrogens is 512 g/mol. The number of hydrogen-bond donors (Lipinski definition) is 0. The van der Waals surface area contributed by atoms with Gasteiger partial charge in [0.15, 0.2) is 11.5 Å². The lowest BCUT2D eigenvalue weighted by Gasteiger charge is -2.35. The topological polar surface area (TPSA) is 51.2 Å². The summed E-state index contributed by atoms with van der Waals surface area (Å²) < 4.78 is 17.2. The Morgan fingerprint density at radius 3 is 2.28 bits per heavy atom. The Kier molecular flexibility index (Phi) is 10.6. The van der Waals surface area contributed by atoms with Crippen molar-refractivity contribution >= 4 is 5.91 Å². The van der Waals surface area contributed by atoms with Gasteiger partial charge in [-0.1, -0.05) is 59.7 Å². The summed E-state index contributed by atoms with van der Waals surface area (Å²) in [6, 6.07) is 12.8. The van der Waals surface area contributed by atoms with Crippen LogP contribution in [0.5, 0.6) is 17.2 Å². The Labute approximate surface area is 241 Å². The highest BCUT2D eigenvalue weighted by molar-refractivity contribution is 5.76. The summed E-state index contributed by atoms with van der Waals surface area (Å²) in [4.78, 5) is 17.3. The van der Waals surface area contributed by atoms with E-state index in [0.29, 0.717) is 19.8 Å². The molecule has 4 rings (SSSR count). The summed E-state index contributed by atoms with van der Waals surface area (Å²) in [5, 5.41) is 0. The standard InChI is InChI=1S/C32H46N2O4.ClH/c1-7-31(3,4)25-12-14-27(26(21-25)32(5,6)8-2)36-19-9-10-30(35)34-17-15-33(16-18-34)22-24-11-13-28-29(20-24)38-23-37-28;/h11-14,20-21H,7-10,15-19,22-23H2,1-6H3;1H/p-1. The summed E-state index contributed by atoms with van der Waals surface area (Å²) in [7, 11) is 0. The van der Waals surface area contributed by atoms with E-state index in [2.05, 4.69) is 76.8 Å². The zero-order chi connectivity index (χ0) is 27.3. The van der Waals surface area contributed by atoms with E-state index in [-0.39, 0.29) is 29.1 Å². The van der Waals surface area contributed by atoms with Crippen LogP contribution < -0.4 is 26.6 Å². The monoisotopic (exact) mass is 557 g/mol. The summed E-state index contributed by atoms with van der Waals surface area (Å²) in [6.07, 6.45) is 3.38. The molecule has 0 unspecified atom stereocenters. The van der Waals surface area contributed by atoms with Crippen molar-refractivity contribution in [3.8, 4) is 17.2 Å². The third kappa shape index (κ3) is 7.61. The molecule has 0 N–H and O–H groups in total. The van der Waals surface area contributed by atoms with Crippen molar-refractivity contribution in [2.75, 3.05) is 39.6 Å². The molecule has 0 aliphatic carbocycles. The predicted molar refractivity (Wildman–Crippen MR) is 152 cm³/mol. The Bertz CT molecular complexity index is 1110. The number of carbonyl (C=O) groups excluding carboxylic acids is 1.